The number of nitrogens with zero attached hydrogens (tertiary/aromatic N) is 3. The summed E-state index contributed by atoms with van der Waals surface area (Å²) in [6.07, 6.45) is 4.86. The van der Waals surface area contributed by atoms with Gasteiger partial charge in [-0.1, -0.05) is 0 Å². The van der Waals surface area contributed by atoms with E-state index in [1.807, 2.05) is 0 Å². The van der Waals surface area contributed by atoms with E-state index in [1.165, 1.54) is 10.9 Å². The van der Waals surface area contributed by atoms with Gasteiger partial charge in [0.25, 0.3) is 5.56 Å². The molecule has 2 rings (SSSR count). The molecule has 0 bridgehead atoms. The minimum Gasteiger partial charge on any atom is -0.291 e. The van der Waals surface area contributed by atoms with Crippen molar-refractivity contribution in [1.29, 1.82) is 0 Å². The Morgan fingerprint density at radius 2 is 2.38 bits per heavy atom. The lowest BCUT2D eigenvalue weighted by molar-refractivity contribution is 0.797. The van der Waals surface area contributed by atoms with Crippen LogP contribution in [0.1, 0.15) is 5.56 Å². The van der Waals surface area contributed by atoms with Gasteiger partial charge in [0.15, 0.2) is 0 Å². The fraction of sp³-hybridized carbons (Fsp3) is 0.125. The van der Waals surface area contributed by atoms with E-state index >= 15 is 0 Å². The molecule has 0 saturated heterocycles. The first-order valence-corrected chi connectivity index (χ1v) is 3.83. The number of aromatic amines is 1. The van der Waals surface area contributed by atoms with E-state index in [-0.39, 0.29) is 5.56 Å². The van der Waals surface area contributed by atoms with Crippen molar-refractivity contribution >= 4 is 0 Å². The SMILES string of the molecule is Cc1cnc(-n2cccn2)[nH]c1=O. The molecular weight excluding hydrogens is 168 g/mol. The van der Waals surface area contributed by atoms with Gasteiger partial charge in [0.2, 0.25) is 5.95 Å². The van der Waals surface area contributed by atoms with Crippen LogP contribution in [0.4, 0.5) is 0 Å². The van der Waals surface area contributed by atoms with Gasteiger partial charge in [-0.15, -0.1) is 0 Å². The van der Waals surface area contributed by atoms with Crippen LogP contribution in [0.3, 0.4) is 0 Å². The van der Waals surface area contributed by atoms with Gasteiger partial charge in [0, 0.05) is 24.2 Å². The zero-order chi connectivity index (χ0) is 9.26. The monoisotopic (exact) mass is 176 g/mol. The zero-order valence-electron chi connectivity index (χ0n) is 7.06. The molecule has 0 saturated carbocycles. The second kappa shape index (κ2) is 2.85. The topological polar surface area (TPSA) is 63.6 Å². The van der Waals surface area contributed by atoms with Crippen molar-refractivity contribution < 1.29 is 0 Å². The van der Waals surface area contributed by atoms with E-state index < -0.39 is 0 Å². The molecule has 66 valence electrons. The molecule has 0 aromatic carbocycles. The summed E-state index contributed by atoms with van der Waals surface area (Å²) < 4.78 is 1.50. The number of hydrogen-bond acceptors (Lipinski definition) is 3. The maximum Gasteiger partial charge on any atom is 0.255 e. The highest BCUT2D eigenvalue weighted by Gasteiger charge is 1.99. The molecule has 0 aliphatic carbocycles. The molecular formula is C8H8N4O. The molecule has 0 fully saturated rings. The minimum atomic E-state index is -0.138. The molecule has 5 nitrogen and oxygen atoms in total. The molecule has 0 atom stereocenters. The first-order valence-electron chi connectivity index (χ1n) is 3.83. The van der Waals surface area contributed by atoms with Crippen molar-refractivity contribution in [2.24, 2.45) is 0 Å². The van der Waals surface area contributed by atoms with E-state index in [9.17, 15) is 4.79 Å². The van der Waals surface area contributed by atoms with Crippen LogP contribution < -0.4 is 5.56 Å². The highest BCUT2D eigenvalue weighted by Crippen LogP contribution is 1.94. The van der Waals surface area contributed by atoms with Crippen LogP contribution in [-0.2, 0) is 0 Å². The molecule has 2 aromatic rings. The second-order valence-corrected chi connectivity index (χ2v) is 2.67. The average molecular weight is 176 g/mol. The average Bonchev–Trinajstić information content (AvgIpc) is 2.62. The Kier molecular flexibility index (Phi) is 1.70. The largest absolute Gasteiger partial charge is 0.291 e. The molecule has 0 spiro atoms. The maximum absolute atomic E-state index is 11.2. The number of hydrogen-bond donors (Lipinski definition) is 1. The van der Waals surface area contributed by atoms with E-state index in [4.69, 9.17) is 0 Å². The number of H-pyrrole nitrogens is 1. The van der Waals surface area contributed by atoms with Crippen molar-refractivity contribution in [3.05, 3.63) is 40.6 Å². The van der Waals surface area contributed by atoms with Gasteiger partial charge in [-0.2, -0.15) is 5.10 Å². The third-order valence-electron chi connectivity index (χ3n) is 1.69. The van der Waals surface area contributed by atoms with Gasteiger partial charge < -0.3 is 0 Å². The van der Waals surface area contributed by atoms with Gasteiger partial charge in [-0.3, -0.25) is 9.78 Å². The van der Waals surface area contributed by atoms with E-state index in [0.29, 0.717) is 11.5 Å². The normalized spacial score (nSPS) is 10.2. The number of nitrogens with one attached hydrogen (secondary N) is 1. The third kappa shape index (κ3) is 1.35. The van der Waals surface area contributed by atoms with Crippen LogP contribution in [0.25, 0.3) is 5.95 Å². The predicted molar refractivity (Wildman–Crippen MR) is 46.7 cm³/mol. The molecule has 2 heterocycles. The quantitative estimate of drug-likeness (QED) is 0.678. The van der Waals surface area contributed by atoms with Gasteiger partial charge >= 0.3 is 0 Å². The van der Waals surface area contributed by atoms with E-state index in [0.717, 1.165) is 0 Å². The highest BCUT2D eigenvalue weighted by molar-refractivity contribution is 5.12. The Bertz CT molecular complexity index is 457. The van der Waals surface area contributed by atoms with Crippen molar-refractivity contribution in [2.75, 3.05) is 0 Å². The first kappa shape index (κ1) is 7.72. The Labute approximate surface area is 74.1 Å². The number of rotatable bonds is 1. The van der Waals surface area contributed by atoms with Crippen LogP contribution in [0.2, 0.25) is 0 Å². The lowest BCUT2D eigenvalue weighted by Gasteiger charge is -1.98. The summed E-state index contributed by atoms with van der Waals surface area (Å²) in [5.41, 5.74) is 0.455. The molecule has 5 heteroatoms. The van der Waals surface area contributed by atoms with Gasteiger partial charge in [-0.05, 0) is 13.0 Å². The van der Waals surface area contributed by atoms with E-state index in [2.05, 4.69) is 15.1 Å². The van der Waals surface area contributed by atoms with Crippen LogP contribution in [0.15, 0.2) is 29.5 Å². The van der Waals surface area contributed by atoms with Crippen LogP contribution in [0, 0.1) is 6.92 Å². The van der Waals surface area contributed by atoms with Crippen molar-refractivity contribution in [1.82, 2.24) is 19.7 Å². The van der Waals surface area contributed by atoms with Gasteiger partial charge in [0.05, 0.1) is 0 Å². The summed E-state index contributed by atoms with van der Waals surface area (Å²) in [5, 5.41) is 3.94. The van der Waals surface area contributed by atoms with Crippen molar-refractivity contribution in [3.63, 3.8) is 0 Å². The standard InChI is InChI=1S/C8H8N4O/c1-6-5-9-8(11-7(6)13)12-4-2-3-10-12/h2-5H,1H3,(H,9,11,13). The van der Waals surface area contributed by atoms with Crippen LogP contribution in [-0.4, -0.2) is 19.7 Å². The fourth-order valence-corrected chi connectivity index (χ4v) is 0.960. The number of aryl methyl sites for hydroxylation is 1. The number of aromatic nitrogens is 4. The molecule has 0 radical (unpaired) electrons. The zero-order valence-corrected chi connectivity index (χ0v) is 7.06. The summed E-state index contributed by atoms with van der Waals surface area (Å²) in [5.74, 6) is 0.431. The highest BCUT2D eigenvalue weighted by atomic mass is 16.1. The first-order chi connectivity index (χ1) is 6.27. The smallest absolute Gasteiger partial charge is 0.255 e. The van der Waals surface area contributed by atoms with E-state index in [1.54, 1.807) is 25.4 Å². The molecule has 0 unspecified atom stereocenters. The molecule has 2 aromatic heterocycles. The third-order valence-corrected chi connectivity index (χ3v) is 1.69. The molecule has 0 aliphatic heterocycles. The second-order valence-electron chi connectivity index (χ2n) is 2.67. The molecule has 0 aliphatic rings. The Morgan fingerprint density at radius 1 is 1.54 bits per heavy atom. The van der Waals surface area contributed by atoms with Gasteiger partial charge in [-0.25, -0.2) is 9.67 Å². The minimum absolute atomic E-state index is 0.138. The summed E-state index contributed by atoms with van der Waals surface area (Å²) >= 11 is 0. The predicted octanol–water partition coefficient (Wildman–Crippen LogP) is 0.264. The molecule has 0 amide bonds. The summed E-state index contributed by atoms with van der Waals surface area (Å²) in [4.78, 5) is 17.8. The summed E-state index contributed by atoms with van der Waals surface area (Å²) in [6, 6.07) is 1.76. The van der Waals surface area contributed by atoms with Crippen LogP contribution >= 0.6 is 0 Å². The fourth-order valence-electron chi connectivity index (χ4n) is 0.960. The summed E-state index contributed by atoms with van der Waals surface area (Å²) in [7, 11) is 0. The Morgan fingerprint density at radius 3 is 3.00 bits per heavy atom. The molecule has 1 N–H and O–H groups in total. The maximum atomic E-state index is 11.2. The lowest BCUT2D eigenvalue weighted by atomic mass is 10.4. The van der Waals surface area contributed by atoms with Crippen molar-refractivity contribution in [2.45, 2.75) is 6.92 Å². The molecule has 13 heavy (non-hydrogen) atoms. The van der Waals surface area contributed by atoms with Crippen molar-refractivity contribution in [3.8, 4) is 5.95 Å². The van der Waals surface area contributed by atoms with Crippen LogP contribution in [0.5, 0.6) is 0 Å². The lowest BCUT2D eigenvalue weighted by Crippen LogP contribution is -2.14. The summed E-state index contributed by atoms with van der Waals surface area (Å²) in [6.45, 7) is 1.71. The Balaban J connectivity index is 2.55. The van der Waals surface area contributed by atoms with Gasteiger partial charge in [0.1, 0.15) is 0 Å². The Hall–Kier alpha value is -1.91.